The topological polar surface area (TPSA) is 52.6 Å². The Morgan fingerprint density at radius 2 is 2.14 bits per heavy atom. The smallest absolute Gasteiger partial charge is 0.339 e. The lowest BCUT2D eigenvalue weighted by Crippen LogP contribution is -2.02. The van der Waals surface area contributed by atoms with Gasteiger partial charge in [-0.05, 0) is 12.5 Å². The van der Waals surface area contributed by atoms with Gasteiger partial charge in [0.2, 0.25) is 0 Å². The van der Waals surface area contributed by atoms with E-state index in [-0.39, 0.29) is 0 Å². The molecule has 1 atom stereocenters. The van der Waals surface area contributed by atoms with E-state index in [1.165, 1.54) is 25.6 Å². The second kappa shape index (κ2) is 4.68. The fraction of sp³-hybridized carbons (Fsp3) is 0.375. The van der Waals surface area contributed by atoms with Crippen LogP contribution in [-0.2, 0) is 20.0 Å². The van der Waals surface area contributed by atoms with Crippen molar-refractivity contribution in [3.8, 4) is 0 Å². The second-order valence-corrected chi connectivity index (χ2v) is 4.80. The van der Waals surface area contributed by atoms with E-state index in [9.17, 15) is 9.00 Å². The van der Waals surface area contributed by atoms with Gasteiger partial charge < -0.3 is 4.74 Å². The van der Waals surface area contributed by atoms with Gasteiger partial charge in [-0.25, -0.2) is 9.00 Å². The van der Waals surface area contributed by atoms with Crippen molar-refractivity contribution in [3.63, 3.8) is 0 Å². The van der Waals surface area contributed by atoms with E-state index in [4.69, 9.17) is 0 Å². The second-order valence-electron chi connectivity index (χ2n) is 2.45. The van der Waals surface area contributed by atoms with Crippen molar-refractivity contribution in [2.24, 2.45) is 0 Å². The van der Waals surface area contributed by atoms with Crippen molar-refractivity contribution in [1.29, 1.82) is 0 Å². The Labute approximate surface area is 88.5 Å². The highest BCUT2D eigenvalue weighted by atomic mass is 32.2. The van der Waals surface area contributed by atoms with Crippen LogP contribution < -0.4 is 0 Å². The number of thiophene rings is 1. The Bertz CT molecular complexity index is 336. The summed E-state index contributed by atoms with van der Waals surface area (Å²) < 4.78 is 21.1. The van der Waals surface area contributed by atoms with Gasteiger partial charge in [-0.1, -0.05) is 0 Å². The van der Waals surface area contributed by atoms with Gasteiger partial charge in [0.25, 0.3) is 0 Å². The van der Waals surface area contributed by atoms with Gasteiger partial charge in [0.15, 0.2) is 11.1 Å². The highest BCUT2D eigenvalue weighted by molar-refractivity contribution is 7.82. The van der Waals surface area contributed by atoms with Crippen molar-refractivity contribution in [1.82, 2.24) is 0 Å². The molecule has 0 aromatic carbocycles. The molecule has 1 aromatic rings. The summed E-state index contributed by atoms with van der Waals surface area (Å²) in [5.41, 5.74) is 1.10. The van der Waals surface area contributed by atoms with Crippen LogP contribution in [0.1, 0.15) is 15.9 Å². The number of carbonyl (C=O) groups is 1. The lowest BCUT2D eigenvalue weighted by molar-refractivity contribution is 0.0600. The fourth-order valence-electron chi connectivity index (χ4n) is 0.950. The third kappa shape index (κ3) is 2.02. The molecule has 0 fully saturated rings. The lowest BCUT2D eigenvalue weighted by Gasteiger charge is -1.99. The maximum atomic E-state index is 11.3. The number of methoxy groups -OCH3 is 1. The van der Waals surface area contributed by atoms with Crippen LogP contribution in [0.5, 0.6) is 0 Å². The van der Waals surface area contributed by atoms with Gasteiger partial charge in [0, 0.05) is 5.38 Å². The average molecular weight is 234 g/mol. The summed E-state index contributed by atoms with van der Waals surface area (Å²) in [4.78, 5) is 11.2. The third-order valence-corrected chi connectivity index (χ3v) is 4.18. The summed E-state index contributed by atoms with van der Waals surface area (Å²) in [6.45, 7) is 1.72. The van der Waals surface area contributed by atoms with Crippen molar-refractivity contribution >= 4 is 28.4 Å². The standard InChI is InChI=1S/C8H10O4S2/c1-5-6(7(9)11-2)4-13-8(5)14(10)12-3/h4H,1-3H3. The molecule has 0 aliphatic carbocycles. The number of rotatable bonds is 3. The van der Waals surface area contributed by atoms with Crippen LogP contribution >= 0.6 is 11.3 Å². The molecular formula is C8H10O4S2. The molecule has 4 nitrogen and oxygen atoms in total. The molecule has 1 heterocycles. The minimum Gasteiger partial charge on any atom is -0.465 e. The number of esters is 1. The summed E-state index contributed by atoms with van der Waals surface area (Å²) in [5, 5.41) is 1.62. The Balaban J connectivity index is 3.08. The lowest BCUT2D eigenvalue weighted by atomic mass is 10.2. The highest BCUT2D eigenvalue weighted by Gasteiger charge is 2.18. The fourth-order valence-corrected chi connectivity index (χ4v) is 2.91. The first kappa shape index (κ1) is 11.4. The number of carbonyl (C=O) groups excluding carboxylic acids is 1. The van der Waals surface area contributed by atoms with E-state index in [0.717, 1.165) is 0 Å². The van der Waals surface area contributed by atoms with Gasteiger partial charge in [-0.2, -0.15) is 0 Å². The molecule has 0 spiro atoms. The van der Waals surface area contributed by atoms with Crippen molar-refractivity contribution < 1.29 is 17.9 Å². The van der Waals surface area contributed by atoms with Gasteiger partial charge in [0.1, 0.15) is 4.21 Å². The Morgan fingerprint density at radius 3 is 2.64 bits per heavy atom. The van der Waals surface area contributed by atoms with Gasteiger partial charge in [0.05, 0.1) is 19.8 Å². The molecule has 0 radical (unpaired) electrons. The highest BCUT2D eigenvalue weighted by Crippen LogP contribution is 2.25. The number of ether oxygens (including phenoxy) is 1. The SMILES string of the molecule is COC(=O)c1csc(S(=O)OC)c1C. The zero-order valence-corrected chi connectivity index (χ0v) is 9.66. The van der Waals surface area contributed by atoms with E-state index >= 15 is 0 Å². The Morgan fingerprint density at radius 1 is 1.50 bits per heavy atom. The van der Waals surface area contributed by atoms with Crippen molar-refractivity contribution in [3.05, 3.63) is 16.5 Å². The molecule has 0 saturated heterocycles. The van der Waals surface area contributed by atoms with Crippen LogP contribution in [0.3, 0.4) is 0 Å². The van der Waals surface area contributed by atoms with Crippen LogP contribution in [-0.4, -0.2) is 24.4 Å². The zero-order valence-electron chi connectivity index (χ0n) is 8.03. The Kier molecular flexibility index (Phi) is 3.79. The van der Waals surface area contributed by atoms with E-state index in [2.05, 4.69) is 8.92 Å². The largest absolute Gasteiger partial charge is 0.465 e. The number of hydrogen-bond acceptors (Lipinski definition) is 5. The molecule has 0 N–H and O–H groups in total. The van der Waals surface area contributed by atoms with Gasteiger partial charge in [-0.15, -0.1) is 11.3 Å². The summed E-state index contributed by atoms with van der Waals surface area (Å²) in [6.07, 6.45) is 0. The maximum Gasteiger partial charge on any atom is 0.339 e. The van der Waals surface area contributed by atoms with E-state index in [0.29, 0.717) is 15.3 Å². The van der Waals surface area contributed by atoms with Crippen LogP contribution in [0.4, 0.5) is 0 Å². The molecule has 0 aliphatic heterocycles. The van der Waals surface area contributed by atoms with Crippen LogP contribution in [0.2, 0.25) is 0 Å². The minimum atomic E-state index is -1.49. The van der Waals surface area contributed by atoms with Crippen molar-refractivity contribution in [2.45, 2.75) is 11.1 Å². The first-order valence-electron chi connectivity index (χ1n) is 3.74. The molecule has 6 heteroatoms. The quantitative estimate of drug-likeness (QED) is 0.744. The first-order valence-corrected chi connectivity index (χ1v) is 5.70. The van der Waals surface area contributed by atoms with Gasteiger partial charge in [-0.3, -0.25) is 4.18 Å². The number of hydrogen-bond donors (Lipinski definition) is 0. The summed E-state index contributed by atoms with van der Waals surface area (Å²) in [7, 11) is 2.67. The predicted octanol–water partition coefficient (Wildman–Crippen LogP) is 1.51. The van der Waals surface area contributed by atoms with E-state index < -0.39 is 17.0 Å². The molecule has 14 heavy (non-hydrogen) atoms. The summed E-state index contributed by atoms with van der Waals surface area (Å²) >= 11 is -0.262. The normalized spacial score (nSPS) is 12.5. The summed E-state index contributed by atoms with van der Waals surface area (Å²) in [6, 6.07) is 0. The molecule has 1 aromatic heterocycles. The van der Waals surface area contributed by atoms with E-state index in [1.54, 1.807) is 12.3 Å². The molecule has 1 unspecified atom stereocenters. The molecule has 78 valence electrons. The van der Waals surface area contributed by atoms with Crippen LogP contribution in [0.15, 0.2) is 9.59 Å². The van der Waals surface area contributed by atoms with Crippen molar-refractivity contribution in [2.75, 3.05) is 14.2 Å². The van der Waals surface area contributed by atoms with Crippen LogP contribution in [0.25, 0.3) is 0 Å². The minimum absolute atomic E-state index is 0.418. The molecular weight excluding hydrogens is 224 g/mol. The molecule has 0 amide bonds. The zero-order chi connectivity index (χ0) is 10.7. The monoisotopic (exact) mass is 234 g/mol. The predicted molar refractivity (Wildman–Crippen MR) is 53.8 cm³/mol. The first-order chi connectivity index (χ1) is 6.61. The average Bonchev–Trinajstić information content (AvgIpc) is 2.58. The molecule has 0 bridgehead atoms. The Hall–Kier alpha value is -0.720. The maximum absolute atomic E-state index is 11.3. The molecule has 0 aliphatic rings. The van der Waals surface area contributed by atoms with Gasteiger partial charge >= 0.3 is 5.97 Å². The third-order valence-electron chi connectivity index (χ3n) is 1.70. The molecule has 1 rings (SSSR count). The molecule has 0 saturated carbocycles. The van der Waals surface area contributed by atoms with Crippen LogP contribution in [0, 0.1) is 6.92 Å². The summed E-state index contributed by atoms with van der Waals surface area (Å²) in [5.74, 6) is -0.418. The van der Waals surface area contributed by atoms with E-state index in [1.807, 2.05) is 0 Å².